The SMILES string of the molecule is Nc1nonc1-c1nnn(CC(=O)Nc2ccccc2)n1. The summed E-state index contributed by atoms with van der Waals surface area (Å²) in [5.74, 6) is -0.0825. The molecule has 1 aromatic carbocycles. The van der Waals surface area contributed by atoms with Crippen LogP contribution in [0.3, 0.4) is 0 Å². The number of nitrogen functional groups attached to an aromatic ring is 1. The number of nitrogens with two attached hydrogens (primary N) is 1. The van der Waals surface area contributed by atoms with Gasteiger partial charge in [0.25, 0.3) is 0 Å². The van der Waals surface area contributed by atoms with Gasteiger partial charge in [0.2, 0.25) is 11.7 Å². The molecule has 21 heavy (non-hydrogen) atoms. The molecule has 2 aromatic heterocycles. The van der Waals surface area contributed by atoms with Gasteiger partial charge in [-0.05, 0) is 27.7 Å². The Hall–Kier alpha value is -3.30. The van der Waals surface area contributed by atoms with Gasteiger partial charge >= 0.3 is 0 Å². The zero-order chi connectivity index (χ0) is 14.7. The number of aromatic nitrogens is 6. The second-order valence-electron chi connectivity index (χ2n) is 4.06. The summed E-state index contributed by atoms with van der Waals surface area (Å²) in [5, 5.41) is 21.1. The molecule has 0 aliphatic carbocycles. The van der Waals surface area contributed by atoms with Gasteiger partial charge in [-0.3, -0.25) is 4.79 Å². The van der Waals surface area contributed by atoms with Crippen LogP contribution < -0.4 is 11.1 Å². The van der Waals surface area contributed by atoms with Crippen LogP contribution in [-0.2, 0) is 11.3 Å². The van der Waals surface area contributed by atoms with Crippen molar-refractivity contribution in [3.8, 4) is 11.5 Å². The van der Waals surface area contributed by atoms with Crippen LogP contribution in [0.5, 0.6) is 0 Å². The van der Waals surface area contributed by atoms with Gasteiger partial charge in [0.15, 0.2) is 11.5 Å². The molecular formula is C11H10N8O2. The van der Waals surface area contributed by atoms with E-state index in [-0.39, 0.29) is 29.8 Å². The van der Waals surface area contributed by atoms with Gasteiger partial charge < -0.3 is 11.1 Å². The Kier molecular flexibility index (Phi) is 3.25. The van der Waals surface area contributed by atoms with Crippen LogP contribution in [-0.4, -0.2) is 36.4 Å². The Morgan fingerprint density at radius 2 is 2.10 bits per heavy atom. The van der Waals surface area contributed by atoms with E-state index in [0.717, 1.165) is 4.80 Å². The van der Waals surface area contributed by atoms with Crippen LogP contribution in [0, 0.1) is 0 Å². The minimum Gasteiger partial charge on any atom is -0.379 e. The summed E-state index contributed by atoms with van der Waals surface area (Å²) in [5.41, 5.74) is 6.39. The van der Waals surface area contributed by atoms with E-state index in [1.54, 1.807) is 12.1 Å². The summed E-state index contributed by atoms with van der Waals surface area (Å²) in [6, 6.07) is 9.06. The maximum atomic E-state index is 11.8. The Morgan fingerprint density at radius 3 is 2.81 bits per heavy atom. The van der Waals surface area contributed by atoms with Crippen molar-refractivity contribution < 1.29 is 9.42 Å². The second kappa shape index (κ2) is 5.36. The van der Waals surface area contributed by atoms with E-state index in [2.05, 4.69) is 35.7 Å². The fourth-order valence-electron chi connectivity index (χ4n) is 1.61. The standard InChI is InChI=1S/C11H10N8O2/c12-10-9(16-21-17-10)11-14-18-19(15-11)6-8(20)13-7-4-2-1-3-5-7/h1-5H,6H2,(H2,12,17)(H,13,20). The molecule has 3 N–H and O–H groups in total. The molecule has 0 atom stereocenters. The molecule has 1 amide bonds. The Balaban J connectivity index is 1.67. The van der Waals surface area contributed by atoms with Crippen LogP contribution in [0.15, 0.2) is 35.0 Å². The average Bonchev–Trinajstić information content (AvgIpc) is 3.08. The lowest BCUT2D eigenvalue weighted by atomic mass is 10.3. The van der Waals surface area contributed by atoms with E-state index in [1.807, 2.05) is 18.2 Å². The zero-order valence-corrected chi connectivity index (χ0v) is 10.7. The van der Waals surface area contributed by atoms with E-state index in [9.17, 15) is 4.79 Å². The molecule has 10 heteroatoms. The van der Waals surface area contributed by atoms with E-state index in [1.165, 1.54) is 0 Å². The molecular weight excluding hydrogens is 276 g/mol. The number of para-hydroxylation sites is 1. The number of nitrogens with one attached hydrogen (secondary N) is 1. The minimum absolute atomic E-state index is 0.0586. The monoisotopic (exact) mass is 286 g/mol. The molecule has 0 saturated heterocycles. The lowest BCUT2D eigenvalue weighted by Crippen LogP contribution is -2.20. The number of carbonyl (C=O) groups excluding carboxylic acids is 1. The Bertz CT molecular complexity index is 750. The zero-order valence-electron chi connectivity index (χ0n) is 10.7. The summed E-state index contributed by atoms with van der Waals surface area (Å²) >= 11 is 0. The molecule has 0 unspecified atom stereocenters. The molecule has 10 nitrogen and oxygen atoms in total. The van der Waals surface area contributed by atoms with Crippen molar-refractivity contribution in [2.24, 2.45) is 0 Å². The van der Waals surface area contributed by atoms with Crippen molar-refractivity contribution >= 4 is 17.4 Å². The van der Waals surface area contributed by atoms with E-state index in [0.29, 0.717) is 5.69 Å². The number of rotatable bonds is 4. The second-order valence-corrected chi connectivity index (χ2v) is 4.06. The summed E-state index contributed by atoms with van der Waals surface area (Å²) in [6.07, 6.45) is 0. The summed E-state index contributed by atoms with van der Waals surface area (Å²) in [4.78, 5) is 13.0. The third kappa shape index (κ3) is 2.83. The molecule has 0 fully saturated rings. The number of hydrogen-bond acceptors (Lipinski definition) is 8. The Labute approximate surface area is 117 Å². The highest BCUT2D eigenvalue weighted by atomic mass is 16.6. The third-order valence-corrected chi connectivity index (χ3v) is 2.52. The highest BCUT2D eigenvalue weighted by Crippen LogP contribution is 2.15. The molecule has 0 radical (unpaired) electrons. The first-order valence-electron chi connectivity index (χ1n) is 5.93. The van der Waals surface area contributed by atoms with E-state index < -0.39 is 0 Å². The van der Waals surface area contributed by atoms with Crippen molar-refractivity contribution in [1.29, 1.82) is 0 Å². The van der Waals surface area contributed by atoms with Crippen molar-refractivity contribution in [3.63, 3.8) is 0 Å². The van der Waals surface area contributed by atoms with Gasteiger partial charge in [-0.25, -0.2) is 4.63 Å². The number of carbonyl (C=O) groups is 1. The summed E-state index contributed by atoms with van der Waals surface area (Å²) in [7, 11) is 0. The number of anilines is 2. The number of benzene rings is 1. The van der Waals surface area contributed by atoms with Crippen molar-refractivity contribution in [3.05, 3.63) is 30.3 Å². The molecule has 0 aliphatic rings. The molecule has 2 heterocycles. The lowest BCUT2D eigenvalue weighted by molar-refractivity contribution is -0.117. The molecule has 3 aromatic rings. The van der Waals surface area contributed by atoms with Gasteiger partial charge in [-0.2, -0.15) is 4.80 Å². The minimum atomic E-state index is -0.281. The molecule has 0 spiro atoms. The maximum Gasteiger partial charge on any atom is 0.248 e. The number of tetrazole rings is 1. The maximum absolute atomic E-state index is 11.8. The van der Waals surface area contributed by atoms with Crippen molar-refractivity contribution in [1.82, 2.24) is 30.5 Å². The molecule has 0 aliphatic heterocycles. The summed E-state index contributed by atoms with van der Waals surface area (Å²) in [6.45, 7) is -0.0902. The highest BCUT2D eigenvalue weighted by molar-refractivity contribution is 5.90. The van der Waals surface area contributed by atoms with Gasteiger partial charge in [-0.1, -0.05) is 18.2 Å². The third-order valence-electron chi connectivity index (χ3n) is 2.52. The van der Waals surface area contributed by atoms with Crippen LogP contribution >= 0.6 is 0 Å². The number of hydrogen-bond donors (Lipinski definition) is 2. The normalized spacial score (nSPS) is 10.5. The van der Waals surface area contributed by atoms with Crippen molar-refractivity contribution in [2.45, 2.75) is 6.54 Å². The van der Waals surface area contributed by atoms with Crippen LogP contribution in [0.25, 0.3) is 11.5 Å². The molecule has 0 saturated carbocycles. The lowest BCUT2D eigenvalue weighted by Gasteiger charge is -2.03. The molecule has 3 rings (SSSR count). The van der Waals surface area contributed by atoms with E-state index in [4.69, 9.17) is 5.73 Å². The van der Waals surface area contributed by atoms with Gasteiger partial charge in [0, 0.05) is 5.69 Å². The summed E-state index contributed by atoms with van der Waals surface area (Å²) < 4.78 is 4.45. The quantitative estimate of drug-likeness (QED) is 0.680. The predicted molar refractivity (Wildman–Crippen MR) is 70.6 cm³/mol. The first-order chi connectivity index (χ1) is 10.2. The van der Waals surface area contributed by atoms with Crippen LogP contribution in [0.1, 0.15) is 0 Å². The van der Waals surface area contributed by atoms with Crippen LogP contribution in [0.4, 0.5) is 11.5 Å². The smallest absolute Gasteiger partial charge is 0.248 e. The van der Waals surface area contributed by atoms with Gasteiger partial charge in [0.05, 0.1) is 0 Å². The average molecular weight is 286 g/mol. The number of nitrogens with zero attached hydrogens (tertiary/aromatic N) is 6. The first kappa shape index (κ1) is 12.7. The topological polar surface area (TPSA) is 138 Å². The van der Waals surface area contributed by atoms with E-state index >= 15 is 0 Å². The highest BCUT2D eigenvalue weighted by Gasteiger charge is 2.16. The first-order valence-corrected chi connectivity index (χ1v) is 5.93. The van der Waals surface area contributed by atoms with Crippen molar-refractivity contribution in [2.75, 3.05) is 11.1 Å². The van der Waals surface area contributed by atoms with Gasteiger partial charge in [-0.15, -0.1) is 10.2 Å². The fraction of sp³-hybridized carbons (Fsp3) is 0.0909. The molecule has 106 valence electrons. The van der Waals surface area contributed by atoms with Gasteiger partial charge in [0.1, 0.15) is 6.54 Å². The van der Waals surface area contributed by atoms with Crippen LogP contribution in [0.2, 0.25) is 0 Å². The fourth-order valence-corrected chi connectivity index (χ4v) is 1.61. The molecule has 0 bridgehead atoms. The largest absolute Gasteiger partial charge is 0.379 e. The predicted octanol–water partition coefficient (Wildman–Crippen LogP) is -0.0560. The Morgan fingerprint density at radius 1 is 1.29 bits per heavy atom. The number of amides is 1.